The average Bonchev–Trinajstić information content (AvgIpc) is 3.23. The van der Waals surface area contributed by atoms with Crippen molar-refractivity contribution in [1.29, 1.82) is 0 Å². The number of para-hydroxylation sites is 1. The van der Waals surface area contributed by atoms with Crippen LogP contribution in [0.15, 0.2) is 24.3 Å². The highest BCUT2D eigenvalue weighted by atomic mass is 16.5. The van der Waals surface area contributed by atoms with Crippen LogP contribution in [0.2, 0.25) is 0 Å². The van der Waals surface area contributed by atoms with Crippen molar-refractivity contribution < 1.29 is 19.1 Å². The number of amides is 2. The van der Waals surface area contributed by atoms with E-state index in [9.17, 15) is 9.59 Å². The second-order valence-corrected chi connectivity index (χ2v) is 9.88. The average molecular weight is 413 g/mol. The lowest BCUT2D eigenvalue weighted by molar-refractivity contribution is -0.128. The van der Waals surface area contributed by atoms with Gasteiger partial charge in [-0.25, -0.2) is 0 Å². The normalized spacial score (nSPS) is 34.0. The van der Waals surface area contributed by atoms with Gasteiger partial charge in [-0.15, -0.1) is 0 Å². The lowest BCUT2D eigenvalue weighted by Crippen LogP contribution is -2.60. The summed E-state index contributed by atoms with van der Waals surface area (Å²) in [7, 11) is 0. The number of nitrogens with one attached hydrogen (secondary N) is 2. The summed E-state index contributed by atoms with van der Waals surface area (Å²) in [6, 6.07) is 7.11. The summed E-state index contributed by atoms with van der Waals surface area (Å²) in [5.41, 5.74) is 0.436. The molecule has 4 saturated carbocycles. The summed E-state index contributed by atoms with van der Waals surface area (Å²) in [4.78, 5) is 25.3. The molecule has 4 bridgehead atoms. The minimum Gasteiger partial charge on any atom is -0.483 e. The zero-order valence-corrected chi connectivity index (χ0v) is 17.5. The predicted molar refractivity (Wildman–Crippen MR) is 112 cm³/mol. The highest BCUT2D eigenvalue weighted by Crippen LogP contribution is 2.55. The van der Waals surface area contributed by atoms with Crippen LogP contribution in [0.25, 0.3) is 0 Å². The van der Waals surface area contributed by atoms with Gasteiger partial charge >= 0.3 is 0 Å². The SMILES string of the molecule is O=C(COc1ccccc1C(=O)NCC1CCCO1)NC12CC3CC(CC(C3)C1)C2. The second kappa shape index (κ2) is 8.22. The molecule has 2 N–H and O–H groups in total. The number of ether oxygens (including phenoxy) is 2. The number of benzene rings is 1. The molecule has 0 spiro atoms. The maximum atomic E-state index is 12.7. The van der Waals surface area contributed by atoms with Gasteiger partial charge in [0.1, 0.15) is 5.75 Å². The third kappa shape index (κ3) is 4.20. The first-order valence-corrected chi connectivity index (χ1v) is 11.5. The van der Waals surface area contributed by atoms with Crippen molar-refractivity contribution in [3.8, 4) is 5.75 Å². The van der Waals surface area contributed by atoms with Gasteiger partial charge in [-0.05, 0) is 81.3 Å². The molecule has 0 radical (unpaired) electrons. The van der Waals surface area contributed by atoms with Crippen LogP contribution in [-0.4, -0.2) is 43.2 Å². The summed E-state index contributed by atoms with van der Waals surface area (Å²) >= 11 is 0. The Labute approximate surface area is 178 Å². The molecular formula is C24H32N2O4. The Morgan fingerprint density at radius 3 is 2.43 bits per heavy atom. The molecule has 1 aliphatic heterocycles. The fraction of sp³-hybridized carbons (Fsp3) is 0.667. The Morgan fingerprint density at radius 1 is 1.07 bits per heavy atom. The molecule has 6 nitrogen and oxygen atoms in total. The molecule has 6 heteroatoms. The lowest BCUT2D eigenvalue weighted by Gasteiger charge is -2.56. The Balaban J connectivity index is 1.16. The summed E-state index contributed by atoms with van der Waals surface area (Å²) < 4.78 is 11.4. The van der Waals surface area contributed by atoms with Gasteiger partial charge in [0.25, 0.3) is 11.8 Å². The topological polar surface area (TPSA) is 76.7 Å². The van der Waals surface area contributed by atoms with E-state index in [1.54, 1.807) is 12.1 Å². The summed E-state index contributed by atoms with van der Waals surface area (Å²) in [6.45, 7) is 1.20. The first kappa shape index (κ1) is 19.9. The van der Waals surface area contributed by atoms with E-state index in [4.69, 9.17) is 9.47 Å². The van der Waals surface area contributed by atoms with Crippen LogP contribution in [0.1, 0.15) is 61.7 Å². The number of hydrogen-bond donors (Lipinski definition) is 2. The molecular weight excluding hydrogens is 380 g/mol. The van der Waals surface area contributed by atoms with Gasteiger partial charge in [-0.2, -0.15) is 0 Å². The van der Waals surface area contributed by atoms with Gasteiger partial charge in [-0.1, -0.05) is 12.1 Å². The fourth-order valence-electron chi connectivity index (χ4n) is 6.63. The molecule has 1 unspecified atom stereocenters. The van der Waals surface area contributed by atoms with Crippen molar-refractivity contribution in [2.75, 3.05) is 19.8 Å². The number of carbonyl (C=O) groups is 2. The minimum atomic E-state index is -0.192. The van der Waals surface area contributed by atoms with E-state index in [2.05, 4.69) is 10.6 Å². The van der Waals surface area contributed by atoms with E-state index in [-0.39, 0.29) is 30.1 Å². The van der Waals surface area contributed by atoms with Gasteiger partial charge in [0.15, 0.2) is 6.61 Å². The molecule has 5 fully saturated rings. The van der Waals surface area contributed by atoms with E-state index in [1.807, 2.05) is 12.1 Å². The Hall–Kier alpha value is -2.08. The largest absolute Gasteiger partial charge is 0.483 e. The molecule has 5 aliphatic rings. The third-order valence-corrected chi connectivity index (χ3v) is 7.45. The van der Waals surface area contributed by atoms with Crippen molar-refractivity contribution in [3.63, 3.8) is 0 Å². The predicted octanol–water partition coefficient (Wildman–Crippen LogP) is 3.06. The fourth-order valence-corrected chi connectivity index (χ4v) is 6.63. The summed E-state index contributed by atoms with van der Waals surface area (Å²) in [5, 5.41) is 6.25. The van der Waals surface area contributed by atoms with Crippen molar-refractivity contribution in [2.24, 2.45) is 17.8 Å². The molecule has 30 heavy (non-hydrogen) atoms. The van der Waals surface area contributed by atoms with Crippen LogP contribution in [0.5, 0.6) is 5.75 Å². The second-order valence-electron chi connectivity index (χ2n) is 9.88. The van der Waals surface area contributed by atoms with Crippen molar-refractivity contribution in [2.45, 2.75) is 63.0 Å². The van der Waals surface area contributed by atoms with Gasteiger partial charge in [0.05, 0.1) is 11.7 Å². The Kier molecular flexibility index (Phi) is 5.44. The summed E-state index contributed by atoms with van der Waals surface area (Å²) in [5.74, 6) is 2.53. The van der Waals surface area contributed by atoms with Gasteiger partial charge in [0.2, 0.25) is 0 Å². The van der Waals surface area contributed by atoms with E-state index >= 15 is 0 Å². The molecule has 1 aromatic carbocycles. The van der Waals surface area contributed by atoms with Crippen LogP contribution in [0.3, 0.4) is 0 Å². The smallest absolute Gasteiger partial charge is 0.258 e. The standard InChI is InChI=1S/C24H32N2O4/c27-22(26-24-11-16-8-17(12-24)10-18(9-16)13-24)15-30-21-6-2-1-5-20(21)23(28)25-14-19-4-3-7-29-19/h1-2,5-6,16-19H,3-4,7-15H2,(H,25,28)(H,26,27). The zero-order chi connectivity index (χ0) is 20.6. The van der Waals surface area contributed by atoms with E-state index < -0.39 is 0 Å². The highest BCUT2D eigenvalue weighted by Gasteiger charge is 2.51. The van der Waals surface area contributed by atoms with Crippen LogP contribution >= 0.6 is 0 Å². The number of hydrogen-bond acceptors (Lipinski definition) is 4. The molecule has 2 amide bonds. The first-order chi connectivity index (χ1) is 14.6. The van der Waals surface area contributed by atoms with E-state index in [1.165, 1.54) is 19.3 Å². The van der Waals surface area contributed by atoms with Crippen LogP contribution in [0, 0.1) is 17.8 Å². The maximum Gasteiger partial charge on any atom is 0.258 e. The molecule has 162 valence electrons. The monoisotopic (exact) mass is 412 g/mol. The van der Waals surface area contributed by atoms with E-state index in [0.717, 1.165) is 56.5 Å². The molecule has 6 rings (SSSR count). The Bertz CT molecular complexity index is 767. The molecule has 4 aliphatic carbocycles. The zero-order valence-electron chi connectivity index (χ0n) is 17.5. The van der Waals surface area contributed by atoms with Gasteiger partial charge in [0, 0.05) is 18.7 Å². The highest BCUT2D eigenvalue weighted by molar-refractivity contribution is 5.97. The summed E-state index contributed by atoms with van der Waals surface area (Å²) in [6.07, 6.45) is 9.50. The van der Waals surface area contributed by atoms with Crippen molar-refractivity contribution in [3.05, 3.63) is 29.8 Å². The molecule has 1 atom stereocenters. The molecule has 1 heterocycles. The van der Waals surface area contributed by atoms with Gasteiger partial charge in [-0.3, -0.25) is 9.59 Å². The van der Waals surface area contributed by atoms with Crippen molar-refractivity contribution >= 4 is 11.8 Å². The molecule has 1 saturated heterocycles. The van der Waals surface area contributed by atoms with Crippen LogP contribution in [-0.2, 0) is 9.53 Å². The Morgan fingerprint density at radius 2 is 1.77 bits per heavy atom. The van der Waals surface area contributed by atoms with Gasteiger partial charge < -0.3 is 20.1 Å². The number of rotatable bonds is 7. The third-order valence-electron chi connectivity index (χ3n) is 7.45. The van der Waals surface area contributed by atoms with E-state index in [0.29, 0.717) is 17.9 Å². The quantitative estimate of drug-likeness (QED) is 0.722. The molecule has 1 aromatic rings. The maximum absolute atomic E-state index is 12.7. The first-order valence-electron chi connectivity index (χ1n) is 11.5. The molecule has 0 aromatic heterocycles. The number of carbonyl (C=O) groups excluding carboxylic acids is 2. The van der Waals surface area contributed by atoms with Crippen molar-refractivity contribution in [1.82, 2.24) is 10.6 Å². The lowest BCUT2D eigenvalue weighted by atomic mass is 9.53. The van der Waals surface area contributed by atoms with Crippen LogP contribution in [0.4, 0.5) is 0 Å². The minimum absolute atomic E-state index is 0.0205. The van der Waals surface area contributed by atoms with Crippen LogP contribution < -0.4 is 15.4 Å².